The fourth-order valence-corrected chi connectivity index (χ4v) is 9.38. The average Bonchev–Trinajstić information content (AvgIpc) is 4.16. The van der Waals surface area contributed by atoms with Crippen molar-refractivity contribution in [1.29, 1.82) is 0 Å². The topological polar surface area (TPSA) is 228 Å². The van der Waals surface area contributed by atoms with Crippen molar-refractivity contribution in [2.24, 2.45) is 22.9 Å². The van der Waals surface area contributed by atoms with Gasteiger partial charge in [0, 0.05) is 103 Å². The Hall–Kier alpha value is -8.26. The molecule has 14 heteroatoms. The van der Waals surface area contributed by atoms with Gasteiger partial charge in [0.15, 0.2) is 5.78 Å². The van der Waals surface area contributed by atoms with Crippen molar-refractivity contribution in [3.8, 4) is 0 Å². The van der Waals surface area contributed by atoms with E-state index in [0.717, 1.165) is 104 Å². The molecule has 0 spiro atoms. The molecular formula is C55H56N8O6. The second kappa shape index (κ2) is 20.7. The second-order valence-electron chi connectivity index (χ2n) is 17.9. The van der Waals surface area contributed by atoms with Crippen molar-refractivity contribution in [3.63, 3.8) is 0 Å². The quantitative estimate of drug-likeness (QED) is 0.0913. The number of fused-ring (bicyclic) bond motifs is 3. The first kappa shape index (κ1) is 47.2. The lowest BCUT2D eigenvalue weighted by molar-refractivity contribution is -0.119. The van der Waals surface area contributed by atoms with Crippen LogP contribution in [-0.4, -0.2) is 61.5 Å². The molecule has 1 atom stereocenters. The van der Waals surface area contributed by atoms with Crippen molar-refractivity contribution in [1.82, 2.24) is 5.32 Å². The maximum Gasteiger partial charge on any atom is 0.248 e. The predicted molar refractivity (Wildman–Crippen MR) is 267 cm³/mol. The highest BCUT2D eigenvalue weighted by atomic mass is 16.2. The van der Waals surface area contributed by atoms with Crippen LogP contribution in [0.5, 0.6) is 0 Å². The monoisotopic (exact) mass is 924 g/mol. The summed E-state index contributed by atoms with van der Waals surface area (Å²) in [6.45, 7) is 7.46. The standard InChI is InChI=1S/C20H21N3O2.C18H18N2O2.C17H17N3O2/c21-20(25)16-5-6-18-15(9-16)7-8-23(18)12-13-1-3-14(4-2-13)17-10-19(24)22-11-17;1-12(21)14-4-2-13(3-5-14)11-20-9-8-15-10-16(18(19)22)6-7-17(15)20;18-16(21)12-3-1-11(2-4-12)10-20-8-7-13-9-14(17(19)22)5-6-15(13)20/h1-6,9,17H,7-8,10-12H2,(H2,21,25)(H,22,24);2-7,10H,8-9,11H2,1H3,(H2,19,22);1-6,9H,7-8,10H2,(H2,18,21)(H2,19,22). The highest BCUT2D eigenvalue weighted by Crippen LogP contribution is 2.33. The normalized spacial score (nSPS) is 15.2. The molecule has 4 aliphatic rings. The Morgan fingerprint density at radius 2 is 0.812 bits per heavy atom. The van der Waals surface area contributed by atoms with Crippen LogP contribution in [0.1, 0.15) is 110 Å². The van der Waals surface area contributed by atoms with Crippen LogP contribution in [0.3, 0.4) is 0 Å². The summed E-state index contributed by atoms with van der Waals surface area (Å²) in [7, 11) is 0. The summed E-state index contributed by atoms with van der Waals surface area (Å²) in [5.41, 5.74) is 35.9. The number of benzene rings is 6. The lowest BCUT2D eigenvalue weighted by atomic mass is 9.97. The summed E-state index contributed by atoms with van der Waals surface area (Å²) in [6.07, 6.45) is 3.34. The number of nitrogens with zero attached hydrogens (tertiary/aromatic N) is 3. The van der Waals surface area contributed by atoms with E-state index < -0.39 is 11.8 Å². The van der Waals surface area contributed by atoms with Gasteiger partial charge in [0.2, 0.25) is 29.5 Å². The third kappa shape index (κ3) is 11.3. The molecule has 352 valence electrons. The first-order chi connectivity index (χ1) is 33.2. The Labute approximate surface area is 401 Å². The van der Waals surface area contributed by atoms with Crippen molar-refractivity contribution >= 4 is 52.4 Å². The number of hydrogen-bond donors (Lipinski definition) is 5. The zero-order valence-electron chi connectivity index (χ0n) is 38.6. The van der Waals surface area contributed by atoms with E-state index in [4.69, 9.17) is 22.9 Å². The Morgan fingerprint density at radius 3 is 1.13 bits per heavy atom. The molecule has 9 N–H and O–H groups in total. The molecule has 1 fully saturated rings. The smallest absolute Gasteiger partial charge is 0.248 e. The lowest BCUT2D eigenvalue weighted by Crippen LogP contribution is -2.20. The number of amides is 5. The van der Waals surface area contributed by atoms with Crippen LogP contribution in [0.15, 0.2) is 127 Å². The van der Waals surface area contributed by atoms with E-state index in [1.165, 1.54) is 22.4 Å². The summed E-state index contributed by atoms with van der Waals surface area (Å²) < 4.78 is 0. The summed E-state index contributed by atoms with van der Waals surface area (Å²) in [4.78, 5) is 74.4. The van der Waals surface area contributed by atoms with Gasteiger partial charge >= 0.3 is 0 Å². The molecule has 69 heavy (non-hydrogen) atoms. The lowest BCUT2D eigenvalue weighted by Gasteiger charge is -2.20. The minimum Gasteiger partial charge on any atom is -0.367 e. The number of hydrogen-bond acceptors (Lipinski definition) is 9. The van der Waals surface area contributed by atoms with Crippen molar-refractivity contribution in [3.05, 3.63) is 194 Å². The maximum absolute atomic E-state index is 11.4. The van der Waals surface area contributed by atoms with Gasteiger partial charge in [-0.15, -0.1) is 0 Å². The molecule has 0 aromatic heterocycles. The molecule has 4 aliphatic heterocycles. The molecule has 4 heterocycles. The summed E-state index contributed by atoms with van der Waals surface area (Å²) in [5.74, 6) is -1.07. The second-order valence-corrected chi connectivity index (χ2v) is 17.9. The first-order valence-corrected chi connectivity index (χ1v) is 23.1. The molecule has 6 aromatic carbocycles. The maximum atomic E-state index is 11.4. The number of nitrogens with two attached hydrogens (primary N) is 4. The zero-order chi connectivity index (χ0) is 48.8. The summed E-state index contributed by atoms with van der Waals surface area (Å²) >= 11 is 0. The third-order valence-corrected chi connectivity index (χ3v) is 13.2. The summed E-state index contributed by atoms with van der Waals surface area (Å²) in [6, 6.07) is 40.5. The molecule has 0 aliphatic carbocycles. The SMILES string of the molecule is CC(=O)c1ccc(CN2CCc3cc(C(N)=O)ccc32)cc1.NC(=O)c1ccc(CN2CCc3cc(C(N)=O)ccc32)cc1.NC(=O)c1ccc2c(c1)CCN2Cc1ccc(C2CNC(=O)C2)cc1. The number of carbonyl (C=O) groups excluding carboxylic acids is 6. The van der Waals surface area contributed by atoms with E-state index in [9.17, 15) is 28.8 Å². The molecule has 5 amide bonds. The minimum absolute atomic E-state index is 0.0806. The van der Waals surface area contributed by atoms with Gasteiger partial charge in [-0.1, -0.05) is 60.7 Å². The molecule has 14 nitrogen and oxygen atoms in total. The van der Waals surface area contributed by atoms with Crippen LogP contribution in [0.25, 0.3) is 0 Å². The van der Waals surface area contributed by atoms with Gasteiger partial charge in [0.1, 0.15) is 0 Å². The highest BCUT2D eigenvalue weighted by molar-refractivity contribution is 5.96. The number of primary amides is 4. The van der Waals surface area contributed by atoms with E-state index in [1.54, 1.807) is 37.3 Å². The Kier molecular flexibility index (Phi) is 14.2. The van der Waals surface area contributed by atoms with E-state index in [1.807, 2.05) is 72.8 Å². The number of ketones is 1. The average molecular weight is 925 g/mol. The fraction of sp³-hybridized carbons (Fsp3) is 0.236. The number of carbonyl (C=O) groups is 6. The van der Waals surface area contributed by atoms with Crippen molar-refractivity contribution < 1.29 is 28.8 Å². The number of Topliss-reactive ketones (excluding diaryl/α,β-unsaturated/α-hetero) is 1. The highest BCUT2D eigenvalue weighted by Gasteiger charge is 2.25. The van der Waals surface area contributed by atoms with Crippen LogP contribution in [0, 0.1) is 0 Å². The Bertz CT molecular complexity index is 2810. The van der Waals surface area contributed by atoms with Gasteiger partial charge in [-0.25, -0.2) is 0 Å². The van der Waals surface area contributed by atoms with Gasteiger partial charge < -0.3 is 43.0 Å². The molecule has 0 saturated carbocycles. The number of nitrogens with one attached hydrogen (secondary N) is 1. The van der Waals surface area contributed by atoms with E-state index in [2.05, 4.69) is 44.3 Å². The Balaban J connectivity index is 0.000000140. The van der Waals surface area contributed by atoms with Crippen molar-refractivity contribution in [2.45, 2.75) is 58.2 Å². The van der Waals surface area contributed by atoms with Gasteiger partial charge in [0.05, 0.1) is 0 Å². The third-order valence-electron chi connectivity index (χ3n) is 13.2. The van der Waals surface area contributed by atoms with Crippen LogP contribution in [0.2, 0.25) is 0 Å². The number of rotatable bonds is 12. The molecule has 6 aromatic rings. The van der Waals surface area contributed by atoms with E-state index >= 15 is 0 Å². The van der Waals surface area contributed by atoms with Crippen LogP contribution in [-0.2, 0) is 43.7 Å². The molecule has 0 bridgehead atoms. The van der Waals surface area contributed by atoms with Gasteiger partial charge in [-0.2, -0.15) is 0 Å². The van der Waals surface area contributed by atoms with Gasteiger partial charge in [0.25, 0.3) is 0 Å². The molecule has 0 radical (unpaired) electrons. The predicted octanol–water partition coefficient (Wildman–Crippen LogP) is 5.95. The minimum atomic E-state index is -0.419. The zero-order valence-corrected chi connectivity index (χ0v) is 38.6. The van der Waals surface area contributed by atoms with Crippen LogP contribution >= 0.6 is 0 Å². The van der Waals surface area contributed by atoms with Crippen molar-refractivity contribution in [2.75, 3.05) is 40.9 Å². The number of anilines is 3. The summed E-state index contributed by atoms with van der Waals surface area (Å²) in [5, 5.41) is 2.88. The van der Waals surface area contributed by atoms with Crippen LogP contribution < -0.4 is 43.0 Å². The Morgan fingerprint density at radius 1 is 0.478 bits per heavy atom. The van der Waals surface area contributed by atoms with Crippen LogP contribution in [0.4, 0.5) is 17.1 Å². The van der Waals surface area contributed by atoms with E-state index in [0.29, 0.717) is 34.6 Å². The molecule has 1 unspecified atom stereocenters. The molecular weight excluding hydrogens is 869 g/mol. The molecule has 1 saturated heterocycles. The molecule has 10 rings (SSSR count). The van der Waals surface area contributed by atoms with Gasteiger partial charge in [-0.3, -0.25) is 28.8 Å². The first-order valence-electron chi connectivity index (χ1n) is 23.1. The van der Waals surface area contributed by atoms with Gasteiger partial charge in [-0.05, 0) is 132 Å². The largest absolute Gasteiger partial charge is 0.367 e. The van der Waals surface area contributed by atoms with E-state index in [-0.39, 0.29) is 23.5 Å². The fourth-order valence-electron chi connectivity index (χ4n) is 9.38.